The van der Waals surface area contributed by atoms with E-state index in [4.69, 9.17) is 14.5 Å². The van der Waals surface area contributed by atoms with Gasteiger partial charge in [0.05, 0.1) is 7.11 Å². The minimum Gasteiger partial charge on any atom is -0.497 e. The smallest absolute Gasteiger partial charge is 0.194 e. The second kappa shape index (κ2) is 10.2. The summed E-state index contributed by atoms with van der Waals surface area (Å²) in [5.41, 5.74) is 1.34. The van der Waals surface area contributed by atoms with Crippen molar-refractivity contribution in [1.29, 1.82) is 0 Å². The average Bonchev–Trinajstić information content (AvgIpc) is 3.36. The van der Waals surface area contributed by atoms with Gasteiger partial charge in [0, 0.05) is 46.3 Å². The Balaban J connectivity index is 1.67. The lowest BCUT2D eigenvalue weighted by Gasteiger charge is -2.22. The van der Waals surface area contributed by atoms with E-state index < -0.39 is 0 Å². The standard InChI is InChI=1S/C21H32N6O2/c1-16-24-25-20(26(16)2)14-23-21(22-11-5-13-28-3)27-12-10-18(15-27)17-6-8-19(29-4)9-7-17/h6-9,18H,5,10-15H2,1-4H3,(H,22,23). The van der Waals surface area contributed by atoms with Crippen LogP contribution >= 0.6 is 0 Å². The van der Waals surface area contributed by atoms with Gasteiger partial charge in [0.15, 0.2) is 11.8 Å². The topological polar surface area (TPSA) is 76.8 Å². The molecule has 1 saturated heterocycles. The highest BCUT2D eigenvalue weighted by molar-refractivity contribution is 5.80. The average molecular weight is 401 g/mol. The first-order chi connectivity index (χ1) is 14.1. The summed E-state index contributed by atoms with van der Waals surface area (Å²) in [6.07, 6.45) is 2.04. The Morgan fingerprint density at radius 2 is 2.03 bits per heavy atom. The van der Waals surface area contributed by atoms with Crippen LogP contribution in [-0.2, 0) is 18.3 Å². The fourth-order valence-corrected chi connectivity index (χ4v) is 3.52. The van der Waals surface area contributed by atoms with E-state index >= 15 is 0 Å². The van der Waals surface area contributed by atoms with Crippen molar-refractivity contribution in [2.75, 3.05) is 40.5 Å². The lowest BCUT2D eigenvalue weighted by atomic mass is 9.98. The van der Waals surface area contributed by atoms with Crippen molar-refractivity contribution in [1.82, 2.24) is 25.0 Å². The van der Waals surface area contributed by atoms with E-state index in [-0.39, 0.29) is 0 Å². The van der Waals surface area contributed by atoms with Gasteiger partial charge in [0.25, 0.3) is 0 Å². The normalized spacial score (nSPS) is 17.0. The highest BCUT2D eigenvalue weighted by atomic mass is 16.5. The first kappa shape index (κ1) is 21.1. The second-order valence-corrected chi connectivity index (χ2v) is 7.34. The summed E-state index contributed by atoms with van der Waals surface area (Å²) >= 11 is 0. The van der Waals surface area contributed by atoms with E-state index in [9.17, 15) is 0 Å². The summed E-state index contributed by atoms with van der Waals surface area (Å²) in [7, 11) is 5.40. The molecule has 2 heterocycles. The van der Waals surface area contributed by atoms with Crippen LogP contribution in [0.4, 0.5) is 0 Å². The molecule has 1 aromatic carbocycles. The summed E-state index contributed by atoms with van der Waals surface area (Å²) in [5.74, 6) is 4.07. The first-order valence-corrected chi connectivity index (χ1v) is 10.1. The summed E-state index contributed by atoms with van der Waals surface area (Å²) in [6.45, 7) is 5.94. The number of nitrogens with zero attached hydrogens (tertiary/aromatic N) is 5. The van der Waals surface area contributed by atoms with Crippen LogP contribution in [0.5, 0.6) is 5.75 Å². The summed E-state index contributed by atoms with van der Waals surface area (Å²) in [6, 6.07) is 8.40. The molecule has 0 radical (unpaired) electrons. The van der Waals surface area contributed by atoms with Gasteiger partial charge in [-0.05, 0) is 37.5 Å². The fraction of sp³-hybridized carbons (Fsp3) is 0.571. The van der Waals surface area contributed by atoms with Crippen LogP contribution in [0.15, 0.2) is 29.3 Å². The number of aryl methyl sites for hydroxylation is 1. The van der Waals surface area contributed by atoms with Gasteiger partial charge in [-0.3, -0.25) is 0 Å². The maximum Gasteiger partial charge on any atom is 0.194 e. The fourth-order valence-electron chi connectivity index (χ4n) is 3.52. The molecule has 2 aromatic rings. The Bertz CT molecular complexity index is 802. The Morgan fingerprint density at radius 1 is 1.24 bits per heavy atom. The van der Waals surface area contributed by atoms with E-state index in [0.29, 0.717) is 12.5 Å². The summed E-state index contributed by atoms with van der Waals surface area (Å²) < 4.78 is 12.4. The zero-order chi connectivity index (χ0) is 20.6. The molecule has 0 amide bonds. The summed E-state index contributed by atoms with van der Waals surface area (Å²) in [5, 5.41) is 11.9. The predicted octanol–water partition coefficient (Wildman–Crippen LogP) is 2.10. The molecular formula is C21H32N6O2. The van der Waals surface area contributed by atoms with E-state index in [1.165, 1.54) is 5.56 Å². The molecule has 8 heteroatoms. The molecule has 158 valence electrons. The highest BCUT2D eigenvalue weighted by Gasteiger charge is 2.26. The molecule has 0 saturated carbocycles. The van der Waals surface area contributed by atoms with Crippen LogP contribution in [0.2, 0.25) is 0 Å². The second-order valence-electron chi connectivity index (χ2n) is 7.34. The molecule has 29 heavy (non-hydrogen) atoms. The van der Waals surface area contributed by atoms with Gasteiger partial charge < -0.3 is 24.3 Å². The molecule has 8 nitrogen and oxygen atoms in total. The van der Waals surface area contributed by atoms with Crippen LogP contribution in [0, 0.1) is 6.92 Å². The lowest BCUT2D eigenvalue weighted by molar-refractivity contribution is 0.195. The van der Waals surface area contributed by atoms with Crippen molar-refractivity contribution >= 4 is 5.96 Å². The number of nitrogens with one attached hydrogen (secondary N) is 1. The van der Waals surface area contributed by atoms with Gasteiger partial charge in [-0.1, -0.05) is 12.1 Å². The lowest BCUT2D eigenvalue weighted by Crippen LogP contribution is -2.40. The van der Waals surface area contributed by atoms with Gasteiger partial charge in [-0.25, -0.2) is 4.99 Å². The van der Waals surface area contributed by atoms with Gasteiger partial charge in [-0.2, -0.15) is 0 Å². The summed E-state index contributed by atoms with van der Waals surface area (Å²) in [4.78, 5) is 7.19. The third kappa shape index (κ3) is 5.47. The molecule has 1 N–H and O–H groups in total. The van der Waals surface area contributed by atoms with Gasteiger partial charge in [-0.15, -0.1) is 10.2 Å². The number of ether oxygens (including phenoxy) is 2. The molecule has 0 bridgehead atoms. The number of guanidine groups is 1. The number of aliphatic imine (C=N–C) groups is 1. The maximum atomic E-state index is 5.28. The molecule has 3 rings (SSSR count). The van der Waals surface area contributed by atoms with Gasteiger partial charge >= 0.3 is 0 Å². The Hall–Kier alpha value is -2.61. The van der Waals surface area contributed by atoms with Crippen LogP contribution < -0.4 is 10.1 Å². The van der Waals surface area contributed by atoms with E-state index in [1.54, 1.807) is 14.2 Å². The van der Waals surface area contributed by atoms with E-state index in [2.05, 4.69) is 32.5 Å². The van der Waals surface area contributed by atoms with Crippen molar-refractivity contribution in [3.05, 3.63) is 41.5 Å². The molecule has 1 aliphatic heterocycles. The highest BCUT2D eigenvalue weighted by Crippen LogP contribution is 2.28. The molecule has 1 aliphatic rings. The zero-order valence-corrected chi connectivity index (χ0v) is 17.9. The minimum atomic E-state index is 0.490. The maximum absolute atomic E-state index is 5.28. The van der Waals surface area contributed by atoms with Crippen LogP contribution in [0.3, 0.4) is 0 Å². The van der Waals surface area contributed by atoms with Crippen LogP contribution in [0.1, 0.15) is 36.0 Å². The molecule has 1 fully saturated rings. The number of aromatic nitrogens is 3. The SMILES string of the molecule is COCCCNC(=NCc1nnc(C)n1C)N1CCC(c2ccc(OC)cc2)C1. The molecule has 0 spiro atoms. The largest absolute Gasteiger partial charge is 0.497 e. The van der Waals surface area contributed by atoms with Crippen molar-refractivity contribution in [2.45, 2.75) is 32.2 Å². The predicted molar refractivity (Wildman–Crippen MR) is 113 cm³/mol. The van der Waals surface area contributed by atoms with E-state index in [1.807, 2.05) is 30.7 Å². The first-order valence-electron chi connectivity index (χ1n) is 10.1. The Labute approximate surface area is 172 Å². The number of hydrogen-bond acceptors (Lipinski definition) is 5. The van der Waals surface area contributed by atoms with Crippen molar-refractivity contribution in [3.63, 3.8) is 0 Å². The van der Waals surface area contributed by atoms with Crippen LogP contribution in [0.25, 0.3) is 0 Å². The third-order valence-electron chi connectivity index (χ3n) is 5.44. The van der Waals surface area contributed by atoms with Crippen LogP contribution in [-0.4, -0.2) is 66.1 Å². The van der Waals surface area contributed by atoms with Gasteiger partial charge in [0.1, 0.15) is 18.1 Å². The number of benzene rings is 1. The van der Waals surface area contributed by atoms with Crippen molar-refractivity contribution in [2.24, 2.45) is 12.0 Å². The molecule has 1 unspecified atom stereocenters. The van der Waals surface area contributed by atoms with Crippen molar-refractivity contribution in [3.8, 4) is 5.75 Å². The number of likely N-dealkylation sites (tertiary alicyclic amines) is 1. The minimum absolute atomic E-state index is 0.490. The molecular weight excluding hydrogens is 368 g/mol. The van der Waals surface area contributed by atoms with Gasteiger partial charge in [0.2, 0.25) is 0 Å². The molecule has 1 aromatic heterocycles. The monoisotopic (exact) mass is 400 g/mol. The number of hydrogen-bond donors (Lipinski definition) is 1. The Morgan fingerprint density at radius 3 is 2.69 bits per heavy atom. The van der Waals surface area contributed by atoms with E-state index in [0.717, 1.165) is 62.4 Å². The molecule has 0 aliphatic carbocycles. The number of rotatable bonds is 8. The molecule has 1 atom stereocenters. The van der Waals surface area contributed by atoms with Crippen molar-refractivity contribution < 1.29 is 9.47 Å². The zero-order valence-electron chi connectivity index (χ0n) is 17.9. The number of methoxy groups -OCH3 is 2. The Kier molecular flexibility index (Phi) is 7.46. The third-order valence-corrected chi connectivity index (χ3v) is 5.44. The quantitative estimate of drug-likeness (QED) is 0.415.